The summed E-state index contributed by atoms with van der Waals surface area (Å²) >= 11 is 6.09. The monoisotopic (exact) mass is 334 g/mol. The van der Waals surface area contributed by atoms with Gasteiger partial charge in [0.1, 0.15) is 0 Å². The van der Waals surface area contributed by atoms with Crippen molar-refractivity contribution in [2.24, 2.45) is 7.05 Å². The lowest BCUT2D eigenvalue weighted by molar-refractivity contribution is 0.247. The molecule has 2 amide bonds. The molecule has 7 heteroatoms. The third kappa shape index (κ3) is 3.42. The molecular formula is C16H19ClN4O2. The Morgan fingerprint density at radius 1 is 1.43 bits per heavy atom. The van der Waals surface area contributed by atoms with Crippen LogP contribution in [0.4, 0.5) is 10.6 Å². The molecular weight excluding hydrogens is 316 g/mol. The highest BCUT2D eigenvalue weighted by molar-refractivity contribution is 6.30. The molecule has 0 fully saturated rings. The highest BCUT2D eigenvalue weighted by Gasteiger charge is 2.22. The maximum Gasteiger partial charge on any atom is 0.320 e. The van der Waals surface area contributed by atoms with Gasteiger partial charge in [-0.15, -0.1) is 0 Å². The topological polar surface area (TPSA) is 68.2 Å². The Morgan fingerprint density at radius 2 is 2.26 bits per heavy atom. The van der Waals surface area contributed by atoms with E-state index in [9.17, 15) is 4.79 Å². The second-order valence-electron chi connectivity index (χ2n) is 5.58. The van der Waals surface area contributed by atoms with Crippen LogP contribution in [-0.4, -0.2) is 22.9 Å². The molecule has 0 unspecified atom stereocenters. The SMILES string of the molecule is COc1cc(NC(=O)N[C@@H]2CCCc3ccc(Cl)cc32)nn1C. The summed E-state index contributed by atoms with van der Waals surface area (Å²) in [5.74, 6) is 1.03. The minimum absolute atomic E-state index is 0.0388. The summed E-state index contributed by atoms with van der Waals surface area (Å²) in [6.45, 7) is 0. The molecule has 1 aliphatic rings. The van der Waals surface area contributed by atoms with E-state index in [1.165, 1.54) is 5.56 Å². The van der Waals surface area contributed by atoms with E-state index in [0.717, 1.165) is 24.8 Å². The highest BCUT2D eigenvalue weighted by Crippen LogP contribution is 2.31. The summed E-state index contributed by atoms with van der Waals surface area (Å²) in [7, 11) is 3.31. The van der Waals surface area contributed by atoms with Crippen LogP contribution in [0.2, 0.25) is 5.02 Å². The Hall–Kier alpha value is -2.21. The van der Waals surface area contributed by atoms with E-state index in [1.807, 2.05) is 18.2 Å². The molecule has 6 nitrogen and oxygen atoms in total. The van der Waals surface area contributed by atoms with Crippen LogP contribution in [0.5, 0.6) is 5.88 Å². The number of aromatic nitrogens is 2. The number of methoxy groups -OCH3 is 1. The molecule has 1 aromatic heterocycles. The van der Waals surface area contributed by atoms with Crippen molar-refractivity contribution in [2.75, 3.05) is 12.4 Å². The highest BCUT2D eigenvalue weighted by atomic mass is 35.5. The second-order valence-corrected chi connectivity index (χ2v) is 6.02. The molecule has 2 aromatic rings. The smallest absolute Gasteiger partial charge is 0.320 e. The number of rotatable bonds is 3. The van der Waals surface area contributed by atoms with Gasteiger partial charge in [0, 0.05) is 18.1 Å². The fraction of sp³-hybridized carbons (Fsp3) is 0.375. The number of ether oxygens (including phenoxy) is 1. The number of anilines is 1. The number of hydrogen-bond donors (Lipinski definition) is 2. The van der Waals surface area contributed by atoms with Crippen LogP contribution in [0.25, 0.3) is 0 Å². The molecule has 0 bridgehead atoms. The molecule has 0 saturated heterocycles. The van der Waals surface area contributed by atoms with Gasteiger partial charge < -0.3 is 10.1 Å². The van der Waals surface area contributed by atoms with Gasteiger partial charge in [-0.05, 0) is 42.5 Å². The predicted molar refractivity (Wildman–Crippen MR) is 89.0 cm³/mol. The van der Waals surface area contributed by atoms with Gasteiger partial charge in [-0.25, -0.2) is 9.48 Å². The number of aryl methyl sites for hydroxylation is 2. The third-order valence-corrected chi connectivity index (χ3v) is 4.25. The molecule has 2 N–H and O–H groups in total. The number of carbonyl (C=O) groups is 1. The summed E-state index contributed by atoms with van der Waals surface area (Å²) in [4.78, 5) is 12.2. The maximum atomic E-state index is 12.2. The van der Waals surface area contributed by atoms with E-state index in [2.05, 4.69) is 15.7 Å². The minimum atomic E-state index is -0.288. The quantitative estimate of drug-likeness (QED) is 0.905. The summed E-state index contributed by atoms with van der Waals surface area (Å²) in [6.07, 6.45) is 2.95. The average Bonchev–Trinajstić information content (AvgIpc) is 2.87. The number of fused-ring (bicyclic) bond motifs is 1. The van der Waals surface area contributed by atoms with Crippen LogP contribution >= 0.6 is 11.6 Å². The van der Waals surface area contributed by atoms with Crippen molar-refractivity contribution in [3.05, 3.63) is 40.4 Å². The Labute approximate surface area is 139 Å². The lowest BCUT2D eigenvalue weighted by Gasteiger charge is -2.26. The third-order valence-electron chi connectivity index (χ3n) is 4.02. The Kier molecular flexibility index (Phi) is 4.43. The van der Waals surface area contributed by atoms with Crippen LogP contribution in [0.3, 0.4) is 0 Å². The van der Waals surface area contributed by atoms with Gasteiger partial charge in [0.25, 0.3) is 0 Å². The van der Waals surface area contributed by atoms with E-state index in [0.29, 0.717) is 16.7 Å². The summed E-state index contributed by atoms with van der Waals surface area (Å²) in [6, 6.07) is 7.21. The zero-order valence-corrected chi connectivity index (χ0v) is 13.9. The summed E-state index contributed by atoms with van der Waals surface area (Å²) in [5.41, 5.74) is 2.34. The number of urea groups is 1. The van der Waals surface area contributed by atoms with Crippen molar-refractivity contribution in [3.63, 3.8) is 0 Å². The van der Waals surface area contributed by atoms with Crippen LogP contribution in [0.15, 0.2) is 24.3 Å². The van der Waals surface area contributed by atoms with Crippen LogP contribution < -0.4 is 15.4 Å². The zero-order chi connectivity index (χ0) is 16.4. The van der Waals surface area contributed by atoms with Gasteiger partial charge in [-0.3, -0.25) is 5.32 Å². The molecule has 1 aliphatic carbocycles. The standard InChI is InChI=1S/C16H19ClN4O2/c1-21-15(23-2)9-14(20-21)19-16(22)18-13-5-3-4-10-6-7-11(17)8-12(10)13/h6-9,13H,3-5H2,1-2H3,(H2,18,19,20,22)/t13-/m1/s1. The fourth-order valence-corrected chi connectivity index (χ4v) is 3.11. The van der Waals surface area contributed by atoms with Crippen molar-refractivity contribution in [3.8, 4) is 5.88 Å². The van der Waals surface area contributed by atoms with Crippen molar-refractivity contribution in [2.45, 2.75) is 25.3 Å². The van der Waals surface area contributed by atoms with Gasteiger partial charge in [-0.2, -0.15) is 5.10 Å². The Balaban J connectivity index is 1.70. The van der Waals surface area contributed by atoms with E-state index < -0.39 is 0 Å². The lowest BCUT2D eigenvalue weighted by Crippen LogP contribution is -2.34. The first-order valence-corrected chi connectivity index (χ1v) is 7.88. The van der Waals surface area contributed by atoms with Crippen molar-refractivity contribution < 1.29 is 9.53 Å². The van der Waals surface area contributed by atoms with Gasteiger partial charge >= 0.3 is 6.03 Å². The molecule has 0 saturated carbocycles. The summed E-state index contributed by atoms with van der Waals surface area (Å²) in [5, 5.41) is 10.6. The first-order chi connectivity index (χ1) is 11.1. The number of nitrogens with one attached hydrogen (secondary N) is 2. The average molecular weight is 335 g/mol. The number of halogens is 1. The fourth-order valence-electron chi connectivity index (χ4n) is 2.93. The predicted octanol–water partition coefficient (Wildman–Crippen LogP) is 3.28. The minimum Gasteiger partial charge on any atom is -0.481 e. The lowest BCUT2D eigenvalue weighted by atomic mass is 9.88. The van der Waals surface area contributed by atoms with Gasteiger partial charge in [0.15, 0.2) is 5.82 Å². The van der Waals surface area contributed by atoms with Crippen molar-refractivity contribution in [1.82, 2.24) is 15.1 Å². The molecule has 1 aromatic carbocycles. The molecule has 0 radical (unpaired) electrons. The van der Waals surface area contributed by atoms with Crippen LogP contribution in [0.1, 0.15) is 30.0 Å². The van der Waals surface area contributed by atoms with Crippen molar-refractivity contribution >= 4 is 23.4 Å². The first kappa shape index (κ1) is 15.7. The van der Waals surface area contributed by atoms with Gasteiger partial charge in [0.05, 0.1) is 13.2 Å². The van der Waals surface area contributed by atoms with Crippen LogP contribution in [-0.2, 0) is 13.5 Å². The number of nitrogens with zero attached hydrogens (tertiary/aromatic N) is 2. The van der Waals surface area contributed by atoms with E-state index in [4.69, 9.17) is 16.3 Å². The molecule has 3 rings (SSSR count). The van der Waals surface area contributed by atoms with Gasteiger partial charge in [-0.1, -0.05) is 17.7 Å². The van der Waals surface area contributed by atoms with E-state index >= 15 is 0 Å². The molecule has 122 valence electrons. The normalized spacial score (nSPS) is 16.6. The number of carbonyl (C=O) groups excluding carboxylic acids is 1. The number of amides is 2. The molecule has 0 aliphatic heterocycles. The Morgan fingerprint density at radius 3 is 3.00 bits per heavy atom. The summed E-state index contributed by atoms with van der Waals surface area (Å²) < 4.78 is 6.69. The van der Waals surface area contributed by atoms with Crippen LogP contribution in [0, 0.1) is 0 Å². The van der Waals surface area contributed by atoms with Crippen molar-refractivity contribution in [1.29, 1.82) is 0 Å². The second kappa shape index (κ2) is 6.50. The maximum absolute atomic E-state index is 12.2. The largest absolute Gasteiger partial charge is 0.481 e. The zero-order valence-electron chi connectivity index (χ0n) is 13.1. The molecule has 0 spiro atoms. The van der Waals surface area contributed by atoms with E-state index in [-0.39, 0.29) is 12.1 Å². The molecule has 1 atom stereocenters. The van der Waals surface area contributed by atoms with E-state index in [1.54, 1.807) is 24.9 Å². The number of hydrogen-bond acceptors (Lipinski definition) is 3. The molecule has 1 heterocycles. The molecule has 23 heavy (non-hydrogen) atoms. The number of benzene rings is 1. The van der Waals surface area contributed by atoms with Gasteiger partial charge in [0.2, 0.25) is 5.88 Å². The first-order valence-electron chi connectivity index (χ1n) is 7.50. The Bertz CT molecular complexity index is 729.